The molecule has 1 N–H and O–H groups in total. The Bertz CT molecular complexity index is 637. The third-order valence-electron chi connectivity index (χ3n) is 3.03. The molecule has 0 spiro atoms. The van der Waals surface area contributed by atoms with Gasteiger partial charge in [0.15, 0.2) is 0 Å². The number of likely N-dealkylation sites (N-methyl/N-ethyl adjacent to an activating group) is 1. The smallest absolute Gasteiger partial charge is 0.147 e. The Hall–Kier alpha value is -2.16. The Labute approximate surface area is 118 Å². The van der Waals surface area contributed by atoms with Crippen molar-refractivity contribution in [1.82, 2.24) is 4.98 Å². The molecule has 0 saturated heterocycles. The van der Waals surface area contributed by atoms with Crippen LogP contribution in [-0.2, 0) is 4.74 Å². The van der Waals surface area contributed by atoms with Crippen LogP contribution in [0.1, 0.15) is 5.56 Å². The first-order valence-corrected chi connectivity index (χ1v) is 6.33. The number of rotatable bonds is 5. The van der Waals surface area contributed by atoms with E-state index in [1.807, 2.05) is 30.3 Å². The fraction of sp³-hybridized carbons (Fsp3) is 0.333. The number of aliphatic hydroxyl groups is 1. The highest BCUT2D eigenvalue weighted by atomic mass is 16.5. The van der Waals surface area contributed by atoms with Gasteiger partial charge in [-0.1, -0.05) is 18.2 Å². The molecule has 2 rings (SSSR count). The summed E-state index contributed by atoms with van der Waals surface area (Å²) in [6, 6.07) is 11.6. The summed E-state index contributed by atoms with van der Waals surface area (Å²) in [5.41, 5.74) is 1.32. The van der Waals surface area contributed by atoms with Gasteiger partial charge in [-0.25, -0.2) is 4.98 Å². The lowest BCUT2D eigenvalue weighted by Gasteiger charge is -2.22. The number of pyridine rings is 1. The Kier molecular flexibility index (Phi) is 4.51. The molecule has 1 unspecified atom stereocenters. The lowest BCUT2D eigenvalue weighted by molar-refractivity contribution is 0.0694. The molecule has 0 fully saturated rings. The number of aliphatic hydroxyl groups excluding tert-OH is 1. The largest absolute Gasteiger partial charge is 0.389 e. The Morgan fingerprint density at radius 3 is 2.90 bits per heavy atom. The molecule has 0 bridgehead atoms. The maximum atomic E-state index is 9.78. The first-order chi connectivity index (χ1) is 9.65. The zero-order valence-corrected chi connectivity index (χ0v) is 11.6. The SMILES string of the molecule is COCC(O)CN(C)c1nc2ccccc2cc1C#N. The molecule has 0 radical (unpaired) electrons. The maximum absolute atomic E-state index is 9.78. The van der Waals surface area contributed by atoms with Gasteiger partial charge >= 0.3 is 0 Å². The van der Waals surface area contributed by atoms with Gasteiger partial charge in [0.25, 0.3) is 0 Å². The fourth-order valence-corrected chi connectivity index (χ4v) is 2.13. The average molecular weight is 271 g/mol. The zero-order valence-electron chi connectivity index (χ0n) is 11.6. The molecule has 2 aromatic rings. The van der Waals surface area contributed by atoms with E-state index < -0.39 is 6.10 Å². The van der Waals surface area contributed by atoms with Crippen LogP contribution in [0.5, 0.6) is 0 Å². The normalized spacial score (nSPS) is 12.1. The average Bonchev–Trinajstić information content (AvgIpc) is 2.45. The van der Waals surface area contributed by atoms with Gasteiger partial charge < -0.3 is 14.7 Å². The van der Waals surface area contributed by atoms with Crippen molar-refractivity contribution >= 4 is 16.7 Å². The summed E-state index contributed by atoms with van der Waals surface area (Å²) < 4.78 is 4.91. The first-order valence-electron chi connectivity index (χ1n) is 6.33. The van der Waals surface area contributed by atoms with Crippen molar-refractivity contribution < 1.29 is 9.84 Å². The van der Waals surface area contributed by atoms with E-state index in [1.165, 1.54) is 7.11 Å². The van der Waals surface area contributed by atoms with Gasteiger partial charge in [-0.05, 0) is 12.1 Å². The summed E-state index contributed by atoms with van der Waals surface area (Å²) in [6.07, 6.45) is -0.621. The molecule has 20 heavy (non-hydrogen) atoms. The number of methoxy groups -OCH3 is 1. The van der Waals surface area contributed by atoms with Gasteiger partial charge in [-0.2, -0.15) is 5.26 Å². The molecule has 5 heteroatoms. The van der Waals surface area contributed by atoms with Crippen LogP contribution in [0.4, 0.5) is 5.82 Å². The molecule has 1 heterocycles. The minimum Gasteiger partial charge on any atom is -0.389 e. The Morgan fingerprint density at radius 2 is 2.20 bits per heavy atom. The molecular formula is C15H17N3O2. The number of aromatic nitrogens is 1. The number of hydrogen-bond acceptors (Lipinski definition) is 5. The minimum absolute atomic E-state index is 0.250. The molecule has 0 aliphatic carbocycles. The quantitative estimate of drug-likeness (QED) is 0.893. The summed E-state index contributed by atoms with van der Waals surface area (Å²) in [5.74, 6) is 0.571. The van der Waals surface area contributed by atoms with Gasteiger partial charge in [0.05, 0.1) is 23.8 Å². The summed E-state index contributed by atoms with van der Waals surface area (Å²) in [6.45, 7) is 0.605. The van der Waals surface area contributed by atoms with Crippen LogP contribution < -0.4 is 4.90 Å². The number of hydrogen-bond donors (Lipinski definition) is 1. The van der Waals surface area contributed by atoms with Crippen molar-refractivity contribution in [3.63, 3.8) is 0 Å². The van der Waals surface area contributed by atoms with E-state index in [4.69, 9.17) is 4.74 Å². The summed E-state index contributed by atoms with van der Waals surface area (Å²) in [4.78, 5) is 6.28. The number of nitrogens with zero attached hydrogens (tertiary/aromatic N) is 3. The van der Waals surface area contributed by atoms with Crippen molar-refractivity contribution in [3.05, 3.63) is 35.9 Å². The monoisotopic (exact) mass is 271 g/mol. The van der Waals surface area contributed by atoms with Crippen LogP contribution in [0.15, 0.2) is 30.3 Å². The molecule has 1 aromatic carbocycles. The molecule has 0 aliphatic heterocycles. The van der Waals surface area contributed by atoms with Gasteiger partial charge in [-0.15, -0.1) is 0 Å². The van der Waals surface area contributed by atoms with E-state index in [2.05, 4.69) is 11.1 Å². The van der Waals surface area contributed by atoms with Crippen molar-refractivity contribution in [2.75, 3.05) is 32.2 Å². The van der Waals surface area contributed by atoms with E-state index >= 15 is 0 Å². The highest BCUT2D eigenvalue weighted by Crippen LogP contribution is 2.22. The van der Waals surface area contributed by atoms with Gasteiger partial charge in [0, 0.05) is 26.1 Å². The van der Waals surface area contributed by atoms with Crippen LogP contribution in [0, 0.1) is 11.3 Å². The standard InChI is InChI=1S/C15H17N3O2/c1-18(9-13(19)10-20-2)15-12(8-16)7-11-5-3-4-6-14(11)17-15/h3-7,13,19H,9-10H2,1-2H3. The highest BCUT2D eigenvalue weighted by Gasteiger charge is 2.14. The van der Waals surface area contributed by atoms with Gasteiger partial charge in [0.2, 0.25) is 0 Å². The van der Waals surface area contributed by atoms with Crippen molar-refractivity contribution in [2.24, 2.45) is 0 Å². The molecule has 1 aromatic heterocycles. The minimum atomic E-state index is -0.621. The van der Waals surface area contributed by atoms with Crippen molar-refractivity contribution in [2.45, 2.75) is 6.10 Å². The van der Waals surface area contributed by atoms with Crippen molar-refractivity contribution in [1.29, 1.82) is 5.26 Å². The molecule has 5 nitrogen and oxygen atoms in total. The zero-order chi connectivity index (χ0) is 14.5. The van der Waals surface area contributed by atoms with Gasteiger partial charge in [-0.3, -0.25) is 0 Å². The number of benzene rings is 1. The van der Waals surface area contributed by atoms with Gasteiger partial charge in [0.1, 0.15) is 11.9 Å². The molecule has 1 atom stereocenters. The van der Waals surface area contributed by atoms with E-state index in [0.717, 1.165) is 10.9 Å². The van der Waals surface area contributed by atoms with E-state index in [-0.39, 0.29) is 6.61 Å². The summed E-state index contributed by atoms with van der Waals surface area (Å²) in [5, 5.41) is 20.0. The highest BCUT2D eigenvalue weighted by molar-refractivity contribution is 5.83. The van der Waals surface area contributed by atoms with Crippen LogP contribution in [0.3, 0.4) is 0 Å². The number of nitriles is 1. The topological polar surface area (TPSA) is 69.4 Å². The number of para-hydroxylation sites is 1. The van der Waals surface area contributed by atoms with E-state index in [1.54, 1.807) is 11.9 Å². The lowest BCUT2D eigenvalue weighted by Crippen LogP contribution is -2.32. The summed E-state index contributed by atoms with van der Waals surface area (Å²) >= 11 is 0. The third-order valence-corrected chi connectivity index (χ3v) is 3.03. The second-order valence-electron chi connectivity index (χ2n) is 4.65. The van der Waals surface area contributed by atoms with Crippen LogP contribution in [-0.4, -0.2) is 43.5 Å². The van der Waals surface area contributed by atoms with Crippen LogP contribution >= 0.6 is 0 Å². The van der Waals surface area contributed by atoms with E-state index in [0.29, 0.717) is 17.9 Å². The Morgan fingerprint density at radius 1 is 1.45 bits per heavy atom. The molecule has 104 valence electrons. The predicted octanol–water partition coefficient (Wildman–Crippen LogP) is 1.55. The van der Waals surface area contributed by atoms with E-state index in [9.17, 15) is 10.4 Å². The third kappa shape index (κ3) is 3.05. The maximum Gasteiger partial charge on any atom is 0.147 e. The molecule has 0 amide bonds. The lowest BCUT2D eigenvalue weighted by atomic mass is 10.1. The molecule has 0 saturated carbocycles. The second kappa shape index (κ2) is 6.33. The van der Waals surface area contributed by atoms with Crippen molar-refractivity contribution in [3.8, 4) is 6.07 Å². The number of fused-ring (bicyclic) bond motifs is 1. The fourth-order valence-electron chi connectivity index (χ4n) is 2.13. The molecular weight excluding hydrogens is 254 g/mol. The summed E-state index contributed by atoms with van der Waals surface area (Å²) in [7, 11) is 3.34. The second-order valence-corrected chi connectivity index (χ2v) is 4.65. The number of anilines is 1. The number of ether oxygens (including phenoxy) is 1. The molecule has 0 aliphatic rings. The Balaban J connectivity index is 2.34. The predicted molar refractivity (Wildman–Crippen MR) is 77.6 cm³/mol. The van der Waals surface area contributed by atoms with Crippen LogP contribution in [0.2, 0.25) is 0 Å². The van der Waals surface area contributed by atoms with Crippen LogP contribution in [0.25, 0.3) is 10.9 Å². The first kappa shape index (κ1) is 14.3.